The number of rotatable bonds is 5. The Morgan fingerprint density at radius 1 is 0.944 bits per heavy atom. The van der Waals surface area contributed by atoms with Gasteiger partial charge in [0.15, 0.2) is 11.6 Å². The summed E-state index contributed by atoms with van der Waals surface area (Å²) in [6.07, 6.45) is -2.81. The Hall–Kier alpha value is -4.31. The van der Waals surface area contributed by atoms with E-state index in [4.69, 9.17) is 4.98 Å². The predicted molar refractivity (Wildman–Crippen MR) is 135 cm³/mol. The zero-order valence-electron chi connectivity index (χ0n) is 18.8. The standard InChI is InChI=1S/C26H18F3N5OS/c1-15-8-9-20(14-30-15)31-24-22-21(10-11-36-22)33-23(34-24)16-4-3-7-19(13-16)32-25(35)17-5-2-6-18(12-17)26(27,28)29/h2-14H,1H3,(H,32,35)(H,31,33,34). The number of anilines is 3. The normalized spacial score (nSPS) is 11.4. The second-order valence-corrected chi connectivity index (χ2v) is 8.87. The van der Waals surface area contributed by atoms with Crippen molar-refractivity contribution in [3.63, 3.8) is 0 Å². The lowest BCUT2D eigenvalue weighted by Crippen LogP contribution is -2.14. The highest BCUT2D eigenvalue weighted by Gasteiger charge is 2.30. The molecule has 0 atom stereocenters. The van der Waals surface area contributed by atoms with Gasteiger partial charge in [0.1, 0.15) is 0 Å². The van der Waals surface area contributed by atoms with Gasteiger partial charge in [-0.2, -0.15) is 13.2 Å². The van der Waals surface area contributed by atoms with E-state index >= 15 is 0 Å². The van der Waals surface area contributed by atoms with Crippen LogP contribution in [0, 0.1) is 6.92 Å². The third-order valence-corrected chi connectivity index (χ3v) is 6.22. The average Bonchev–Trinajstić information content (AvgIpc) is 3.34. The number of benzene rings is 2. The first kappa shape index (κ1) is 23.4. The van der Waals surface area contributed by atoms with Crippen LogP contribution >= 0.6 is 11.3 Å². The van der Waals surface area contributed by atoms with Gasteiger partial charge in [0.25, 0.3) is 5.91 Å². The number of alkyl halides is 3. The minimum absolute atomic E-state index is 0.0932. The molecule has 36 heavy (non-hydrogen) atoms. The fourth-order valence-corrected chi connectivity index (χ4v) is 4.31. The molecule has 2 N–H and O–H groups in total. The van der Waals surface area contributed by atoms with Crippen molar-refractivity contribution in [2.24, 2.45) is 0 Å². The molecule has 0 unspecified atom stereocenters. The first-order valence-corrected chi connectivity index (χ1v) is 11.7. The fraction of sp³-hybridized carbons (Fsp3) is 0.0769. The largest absolute Gasteiger partial charge is 0.416 e. The van der Waals surface area contributed by atoms with Crippen molar-refractivity contribution in [3.8, 4) is 11.4 Å². The SMILES string of the molecule is Cc1ccc(Nc2nc(-c3cccc(NC(=O)c4cccc(C(F)(F)F)c4)c3)nc3ccsc23)cn1. The minimum Gasteiger partial charge on any atom is -0.338 e. The van der Waals surface area contributed by atoms with E-state index in [2.05, 4.69) is 20.6 Å². The fourth-order valence-electron chi connectivity index (χ4n) is 3.53. The smallest absolute Gasteiger partial charge is 0.338 e. The maximum Gasteiger partial charge on any atom is 0.416 e. The summed E-state index contributed by atoms with van der Waals surface area (Å²) >= 11 is 1.51. The molecule has 0 aliphatic carbocycles. The van der Waals surface area contributed by atoms with E-state index in [1.165, 1.54) is 23.5 Å². The van der Waals surface area contributed by atoms with Gasteiger partial charge >= 0.3 is 6.18 Å². The quantitative estimate of drug-likeness (QED) is 0.267. The van der Waals surface area contributed by atoms with Crippen LogP contribution in [0.25, 0.3) is 21.6 Å². The Morgan fingerprint density at radius 2 is 1.78 bits per heavy atom. The lowest BCUT2D eigenvalue weighted by atomic mass is 10.1. The molecule has 0 aliphatic rings. The van der Waals surface area contributed by atoms with Crippen molar-refractivity contribution in [1.29, 1.82) is 0 Å². The molecule has 0 bridgehead atoms. The van der Waals surface area contributed by atoms with Gasteiger partial charge in [-0.1, -0.05) is 18.2 Å². The number of hydrogen-bond donors (Lipinski definition) is 2. The van der Waals surface area contributed by atoms with Crippen molar-refractivity contribution >= 4 is 44.7 Å². The van der Waals surface area contributed by atoms with Gasteiger partial charge in [0, 0.05) is 22.5 Å². The van der Waals surface area contributed by atoms with Gasteiger partial charge in [0.05, 0.1) is 27.7 Å². The van der Waals surface area contributed by atoms with E-state index in [1.807, 2.05) is 30.5 Å². The van der Waals surface area contributed by atoms with Crippen LogP contribution in [-0.4, -0.2) is 20.9 Å². The molecule has 3 aromatic heterocycles. The molecule has 0 fully saturated rings. The molecule has 0 radical (unpaired) electrons. The van der Waals surface area contributed by atoms with Crippen molar-refractivity contribution in [1.82, 2.24) is 15.0 Å². The van der Waals surface area contributed by atoms with Gasteiger partial charge in [-0.15, -0.1) is 11.3 Å². The maximum atomic E-state index is 13.0. The number of pyridine rings is 1. The number of nitrogens with one attached hydrogen (secondary N) is 2. The van der Waals surface area contributed by atoms with E-state index in [1.54, 1.807) is 30.5 Å². The van der Waals surface area contributed by atoms with Gasteiger partial charge in [-0.3, -0.25) is 9.78 Å². The van der Waals surface area contributed by atoms with E-state index in [0.29, 0.717) is 22.9 Å². The number of carbonyl (C=O) groups is 1. The number of fused-ring (bicyclic) bond motifs is 1. The Labute approximate surface area is 207 Å². The molecule has 5 aromatic rings. The molecule has 0 saturated carbocycles. The van der Waals surface area contributed by atoms with Crippen molar-refractivity contribution in [3.05, 3.63) is 95.1 Å². The molecule has 1 amide bonds. The zero-order chi connectivity index (χ0) is 25.3. The number of hydrogen-bond acceptors (Lipinski definition) is 6. The van der Waals surface area contributed by atoms with Crippen LogP contribution in [0.2, 0.25) is 0 Å². The first-order chi connectivity index (χ1) is 17.3. The van der Waals surface area contributed by atoms with Crippen LogP contribution < -0.4 is 10.6 Å². The molecule has 10 heteroatoms. The topological polar surface area (TPSA) is 79.8 Å². The molecule has 180 valence electrons. The Morgan fingerprint density at radius 3 is 2.56 bits per heavy atom. The highest BCUT2D eigenvalue weighted by atomic mass is 32.1. The average molecular weight is 506 g/mol. The molecule has 0 saturated heterocycles. The van der Waals surface area contributed by atoms with Gasteiger partial charge in [-0.25, -0.2) is 9.97 Å². The van der Waals surface area contributed by atoms with E-state index in [0.717, 1.165) is 33.7 Å². The van der Waals surface area contributed by atoms with Gasteiger partial charge in [-0.05, 0) is 60.8 Å². The monoisotopic (exact) mass is 505 g/mol. The second kappa shape index (κ2) is 9.38. The first-order valence-electron chi connectivity index (χ1n) is 10.8. The molecule has 6 nitrogen and oxygen atoms in total. The summed E-state index contributed by atoms with van der Waals surface area (Å²) in [5.74, 6) is 0.398. The summed E-state index contributed by atoms with van der Waals surface area (Å²) in [6.45, 7) is 1.91. The van der Waals surface area contributed by atoms with Crippen LogP contribution in [0.3, 0.4) is 0 Å². The highest BCUT2D eigenvalue weighted by Crippen LogP contribution is 2.32. The predicted octanol–water partition coefficient (Wildman–Crippen LogP) is 7.08. The van der Waals surface area contributed by atoms with E-state index in [-0.39, 0.29) is 5.56 Å². The summed E-state index contributed by atoms with van der Waals surface area (Å²) in [5.41, 5.74) is 2.49. The summed E-state index contributed by atoms with van der Waals surface area (Å²) in [4.78, 5) is 26.3. The molecule has 3 heterocycles. The minimum atomic E-state index is -4.53. The number of thiophene rings is 1. The number of aromatic nitrogens is 3. The van der Waals surface area contributed by atoms with Crippen LogP contribution in [0.4, 0.5) is 30.4 Å². The summed E-state index contributed by atoms with van der Waals surface area (Å²) < 4.78 is 39.9. The van der Waals surface area contributed by atoms with Crippen molar-refractivity contribution in [2.45, 2.75) is 13.1 Å². The summed E-state index contributed by atoms with van der Waals surface area (Å²) in [7, 11) is 0. The summed E-state index contributed by atoms with van der Waals surface area (Å²) in [5, 5.41) is 7.87. The lowest BCUT2D eigenvalue weighted by Gasteiger charge is -2.11. The third-order valence-electron chi connectivity index (χ3n) is 5.31. The second-order valence-electron chi connectivity index (χ2n) is 7.96. The molecule has 0 aliphatic heterocycles. The molecular formula is C26H18F3N5OS. The Kier molecular flexibility index (Phi) is 6.11. The number of nitrogens with zero attached hydrogens (tertiary/aromatic N) is 3. The van der Waals surface area contributed by atoms with E-state index in [9.17, 15) is 18.0 Å². The van der Waals surface area contributed by atoms with Crippen molar-refractivity contribution in [2.75, 3.05) is 10.6 Å². The Bertz CT molecular complexity index is 1560. The third kappa shape index (κ3) is 5.03. The molecule has 2 aromatic carbocycles. The van der Waals surface area contributed by atoms with Crippen LogP contribution in [0.5, 0.6) is 0 Å². The van der Waals surface area contributed by atoms with Gasteiger partial charge < -0.3 is 10.6 Å². The molecule has 5 rings (SSSR count). The molecule has 0 spiro atoms. The van der Waals surface area contributed by atoms with Crippen LogP contribution in [-0.2, 0) is 6.18 Å². The van der Waals surface area contributed by atoms with Crippen molar-refractivity contribution < 1.29 is 18.0 Å². The molecular weight excluding hydrogens is 487 g/mol. The number of amides is 1. The Balaban J connectivity index is 1.44. The maximum absolute atomic E-state index is 13.0. The van der Waals surface area contributed by atoms with E-state index < -0.39 is 17.6 Å². The summed E-state index contributed by atoms with van der Waals surface area (Å²) in [6, 6.07) is 16.8. The lowest BCUT2D eigenvalue weighted by molar-refractivity contribution is -0.137. The highest BCUT2D eigenvalue weighted by molar-refractivity contribution is 7.17. The van der Waals surface area contributed by atoms with Crippen LogP contribution in [0.1, 0.15) is 21.6 Å². The van der Waals surface area contributed by atoms with Gasteiger partial charge in [0.2, 0.25) is 0 Å². The number of carbonyl (C=O) groups excluding carboxylic acids is 1. The number of aryl methyl sites for hydroxylation is 1. The number of halogens is 3. The van der Waals surface area contributed by atoms with Crippen LogP contribution in [0.15, 0.2) is 78.3 Å². The zero-order valence-corrected chi connectivity index (χ0v) is 19.6.